The summed E-state index contributed by atoms with van der Waals surface area (Å²) < 4.78 is 1.30. The van der Waals surface area contributed by atoms with Crippen LogP contribution in [0.4, 0.5) is 0 Å². The summed E-state index contributed by atoms with van der Waals surface area (Å²) in [5.74, 6) is 0. The molecule has 0 saturated heterocycles. The number of rotatable bonds is 2. The second-order valence-corrected chi connectivity index (χ2v) is 4.97. The minimum absolute atomic E-state index is 0.192. The Labute approximate surface area is 125 Å². The minimum atomic E-state index is -0.192. The maximum atomic E-state index is 12.2. The molecule has 3 rings (SSSR count). The van der Waals surface area contributed by atoms with Gasteiger partial charge in [0.1, 0.15) is 12.0 Å². The van der Waals surface area contributed by atoms with Gasteiger partial charge < -0.3 is 0 Å². The lowest BCUT2D eigenvalue weighted by atomic mass is 10.1. The molecule has 6 heteroatoms. The Kier molecular flexibility index (Phi) is 3.50. The molecule has 0 aliphatic rings. The highest BCUT2D eigenvalue weighted by Crippen LogP contribution is 2.19. The normalized spacial score (nSPS) is 10.6. The van der Waals surface area contributed by atoms with Crippen LogP contribution in [0.3, 0.4) is 0 Å². The fourth-order valence-corrected chi connectivity index (χ4v) is 2.08. The Bertz CT molecular complexity index is 829. The lowest BCUT2D eigenvalue weighted by molar-refractivity contribution is 0.792. The summed E-state index contributed by atoms with van der Waals surface area (Å²) >= 11 is 5.89. The van der Waals surface area contributed by atoms with Crippen LogP contribution < -0.4 is 5.56 Å². The van der Waals surface area contributed by atoms with Crippen LogP contribution in [0.2, 0.25) is 5.02 Å². The van der Waals surface area contributed by atoms with Crippen molar-refractivity contribution in [1.29, 1.82) is 0 Å². The molecule has 1 aromatic carbocycles. The first-order valence-electron chi connectivity index (χ1n) is 6.27. The summed E-state index contributed by atoms with van der Waals surface area (Å²) in [5.41, 5.74) is 2.50. The van der Waals surface area contributed by atoms with Gasteiger partial charge in [0.2, 0.25) is 0 Å². The third-order valence-electron chi connectivity index (χ3n) is 3.02. The Morgan fingerprint density at radius 1 is 1.10 bits per heavy atom. The molecule has 2 heterocycles. The fourth-order valence-electron chi connectivity index (χ4n) is 1.95. The first-order chi connectivity index (χ1) is 10.1. The van der Waals surface area contributed by atoms with Gasteiger partial charge >= 0.3 is 0 Å². The van der Waals surface area contributed by atoms with Gasteiger partial charge in [-0.15, -0.1) is 0 Å². The van der Waals surface area contributed by atoms with Gasteiger partial charge in [0, 0.05) is 16.1 Å². The number of hydrogen-bond acceptors (Lipinski definition) is 4. The van der Waals surface area contributed by atoms with Crippen LogP contribution in [0.25, 0.3) is 16.9 Å². The van der Waals surface area contributed by atoms with E-state index in [0.29, 0.717) is 22.0 Å². The second kappa shape index (κ2) is 5.46. The van der Waals surface area contributed by atoms with E-state index in [4.69, 9.17) is 11.6 Å². The second-order valence-electron chi connectivity index (χ2n) is 4.53. The van der Waals surface area contributed by atoms with Gasteiger partial charge in [0.25, 0.3) is 5.56 Å². The van der Waals surface area contributed by atoms with Crippen molar-refractivity contribution in [2.45, 2.75) is 6.92 Å². The van der Waals surface area contributed by atoms with Crippen molar-refractivity contribution in [1.82, 2.24) is 19.7 Å². The zero-order chi connectivity index (χ0) is 14.8. The van der Waals surface area contributed by atoms with Crippen molar-refractivity contribution in [2.75, 3.05) is 0 Å². The maximum absolute atomic E-state index is 12.2. The lowest BCUT2D eigenvalue weighted by Crippen LogP contribution is -2.23. The molecular formula is C15H11ClN4O. The maximum Gasteiger partial charge on any atom is 0.274 e. The summed E-state index contributed by atoms with van der Waals surface area (Å²) in [6, 6.07) is 9.05. The van der Waals surface area contributed by atoms with E-state index in [1.165, 1.54) is 11.0 Å². The zero-order valence-corrected chi connectivity index (χ0v) is 11.9. The standard InChI is InChI=1S/C15H11ClN4O/c1-10-6-14(11-2-4-12(16)5-3-11)19-20(15(10)21)13-7-17-9-18-8-13/h2-9H,1H3. The Hall–Kier alpha value is -2.53. The van der Waals surface area contributed by atoms with Gasteiger partial charge in [-0.3, -0.25) is 4.79 Å². The molecule has 104 valence electrons. The Morgan fingerprint density at radius 2 is 1.76 bits per heavy atom. The highest BCUT2D eigenvalue weighted by atomic mass is 35.5. The molecule has 2 aromatic heterocycles. The summed E-state index contributed by atoms with van der Waals surface area (Å²) in [4.78, 5) is 20.1. The van der Waals surface area contributed by atoms with Crippen molar-refractivity contribution in [3.8, 4) is 16.9 Å². The highest BCUT2D eigenvalue weighted by molar-refractivity contribution is 6.30. The molecule has 3 aromatic rings. The number of benzene rings is 1. The van der Waals surface area contributed by atoms with Gasteiger partial charge in [-0.1, -0.05) is 23.7 Å². The molecule has 0 amide bonds. The summed E-state index contributed by atoms with van der Waals surface area (Å²) in [6.07, 6.45) is 4.50. The zero-order valence-electron chi connectivity index (χ0n) is 11.2. The van der Waals surface area contributed by atoms with Gasteiger partial charge in [0.15, 0.2) is 0 Å². The van der Waals surface area contributed by atoms with Crippen molar-refractivity contribution >= 4 is 11.6 Å². The van der Waals surface area contributed by atoms with Crippen LogP contribution in [-0.2, 0) is 0 Å². The van der Waals surface area contributed by atoms with Gasteiger partial charge in [-0.25, -0.2) is 9.97 Å². The first-order valence-corrected chi connectivity index (χ1v) is 6.65. The molecule has 21 heavy (non-hydrogen) atoms. The average molecular weight is 299 g/mol. The predicted octanol–water partition coefficient (Wildman–Crippen LogP) is 2.65. The molecule has 0 radical (unpaired) electrons. The predicted molar refractivity (Wildman–Crippen MR) is 80.6 cm³/mol. The molecule has 0 N–H and O–H groups in total. The number of aryl methyl sites for hydroxylation is 1. The molecular weight excluding hydrogens is 288 g/mol. The fraction of sp³-hybridized carbons (Fsp3) is 0.0667. The minimum Gasteiger partial charge on any atom is -0.267 e. The molecule has 0 spiro atoms. The number of nitrogens with zero attached hydrogens (tertiary/aromatic N) is 4. The average Bonchev–Trinajstić information content (AvgIpc) is 2.51. The molecule has 5 nitrogen and oxygen atoms in total. The summed E-state index contributed by atoms with van der Waals surface area (Å²) in [5, 5.41) is 5.04. The Balaban J connectivity index is 2.19. The van der Waals surface area contributed by atoms with E-state index in [0.717, 1.165) is 5.56 Å². The smallest absolute Gasteiger partial charge is 0.267 e. The van der Waals surface area contributed by atoms with Crippen molar-refractivity contribution in [3.63, 3.8) is 0 Å². The molecule has 0 saturated carbocycles. The molecule has 0 atom stereocenters. The van der Waals surface area contributed by atoms with Crippen molar-refractivity contribution < 1.29 is 0 Å². The van der Waals surface area contributed by atoms with E-state index in [2.05, 4.69) is 15.1 Å². The molecule has 0 aliphatic heterocycles. The number of hydrogen-bond donors (Lipinski definition) is 0. The van der Waals surface area contributed by atoms with Crippen LogP contribution in [0.15, 0.2) is 53.8 Å². The lowest BCUT2D eigenvalue weighted by Gasteiger charge is -2.08. The monoisotopic (exact) mass is 298 g/mol. The highest BCUT2D eigenvalue weighted by Gasteiger charge is 2.09. The van der Waals surface area contributed by atoms with E-state index in [9.17, 15) is 4.79 Å². The topological polar surface area (TPSA) is 60.7 Å². The number of halogens is 1. The van der Waals surface area contributed by atoms with Gasteiger partial charge in [-0.05, 0) is 25.1 Å². The third-order valence-corrected chi connectivity index (χ3v) is 3.27. The quantitative estimate of drug-likeness (QED) is 0.730. The van der Waals surface area contributed by atoms with Crippen LogP contribution in [0.1, 0.15) is 5.56 Å². The molecule has 0 bridgehead atoms. The van der Waals surface area contributed by atoms with Crippen molar-refractivity contribution in [3.05, 3.63) is 70.0 Å². The van der Waals surface area contributed by atoms with E-state index in [-0.39, 0.29) is 5.56 Å². The van der Waals surface area contributed by atoms with Crippen LogP contribution in [0.5, 0.6) is 0 Å². The van der Waals surface area contributed by atoms with E-state index < -0.39 is 0 Å². The van der Waals surface area contributed by atoms with Crippen LogP contribution >= 0.6 is 11.6 Å². The number of aromatic nitrogens is 4. The molecule has 0 unspecified atom stereocenters. The van der Waals surface area contributed by atoms with E-state index in [1.54, 1.807) is 37.5 Å². The van der Waals surface area contributed by atoms with Crippen LogP contribution in [-0.4, -0.2) is 19.7 Å². The SMILES string of the molecule is Cc1cc(-c2ccc(Cl)cc2)nn(-c2cncnc2)c1=O. The van der Waals surface area contributed by atoms with E-state index >= 15 is 0 Å². The molecule has 0 fully saturated rings. The summed E-state index contributed by atoms with van der Waals surface area (Å²) in [6.45, 7) is 1.75. The van der Waals surface area contributed by atoms with Crippen LogP contribution in [0, 0.1) is 6.92 Å². The summed E-state index contributed by atoms with van der Waals surface area (Å²) in [7, 11) is 0. The largest absolute Gasteiger partial charge is 0.274 e. The van der Waals surface area contributed by atoms with Crippen molar-refractivity contribution in [2.24, 2.45) is 0 Å². The van der Waals surface area contributed by atoms with Gasteiger partial charge in [0.05, 0.1) is 18.1 Å². The van der Waals surface area contributed by atoms with Gasteiger partial charge in [-0.2, -0.15) is 9.78 Å². The Morgan fingerprint density at radius 3 is 2.43 bits per heavy atom. The first kappa shape index (κ1) is 13.5. The van der Waals surface area contributed by atoms with E-state index in [1.807, 2.05) is 12.1 Å². The third kappa shape index (κ3) is 2.68. The molecule has 0 aliphatic carbocycles.